The maximum Gasteiger partial charge on any atom is 0.261 e. The first kappa shape index (κ1) is 13.3. The predicted octanol–water partition coefficient (Wildman–Crippen LogP) is 1.13. The highest BCUT2D eigenvalue weighted by molar-refractivity contribution is 8.13. The monoisotopic (exact) mass is 289 g/mol. The van der Waals surface area contributed by atoms with Gasteiger partial charge in [-0.3, -0.25) is 4.79 Å². The van der Waals surface area contributed by atoms with Crippen LogP contribution in [-0.2, 0) is 13.8 Å². The number of hydrogen-bond donors (Lipinski definition) is 1. The Labute approximate surface area is 110 Å². The molecule has 0 saturated carbocycles. The second kappa shape index (κ2) is 5.26. The third-order valence-electron chi connectivity index (χ3n) is 2.64. The first-order chi connectivity index (χ1) is 8.47. The fourth-order valence-corrected chi connectivity index (χ4v) is 2.50. The highest BCUT2D eigenvalue weighted by Crippen LogP contribution is 2.16. The van der Waals surface area contributed by atoms with E-state index >= 15 is 0 Å². The maximum atomic E-state index is 11.9. The van der Waals surface area contributed by atoms with Crippen LogP contribution >= 0.6 is 10.7 Å². The van der Waals surface area contributed by atoms with Gasteiger partial charge < -0.3 is 10.1 Å². The Kier molecular flexibility index (Phi) is 3.89. The number of benzene rings is 1. The fourth-order valence-electron chi connectivity index (χ4n) is 1.71. The summed E-state index contributed by atoms with van der Waals surface area (Å²) in [6, 6.07) is 5.60. The molecule has 1 aliphatic rings. The summed E-state index contributed by atoms with van der Waals surface area (Å²) >= 11 is 0. The topological polar surface area (TPSA) is 72.5 Å². The molecule has 1 fully saturated rings. The van der Waals surface area contributed by atoms with Crippen LogP contribution in [0.3, 0.4) is 0 Å². The zero-order valence-electron chi connectivity index (χ0n) is 9.43. The standard InChI is InChI=1S/C11H12ClNO4S/c12-18(15,16)10-3-1-2-8(6-10)11(14)13-9-4-5-17-7-9/h1-3,6,9H,4-5,7H2,(H,13,14). The van der Waals surface area contributed by atoms with Gasteiger partial charge in [-0.05, 0) is 24.6 Å². The molecule has 1 amide bonds. The molecule has 1 aromatic rings. The molecule has 1 aliphatic heterocycles. The number of amides is 1. The third kappa shape index (κ3) is 3.22. The van der Waals surface area contributed by atoms with Crippen molar-refractivity contribution < 1.29 is 17.9 Å². The van der Waals surface area contributed by atoms with Gasteiger partial charge in [0.2, 0.25) is 0 Å². The highest BCUT2D eigenvalue weighted by atomic mass is 35.7. The zero-order valence-corrected chi connectivity index (χ0v) is 11.0. The van der Waals surface area contributed by atoms with Crippen LogP contribution in [0.25, 0.3) is 0 Å². The minimum Gasteiger partial charge on any atom is -0.379 e. The molecule has 0 aliphatic carbocycles. The van der Waals surface area contributed by atoms with Crippen LogP contribution in [0.2, 0.25) is 0 Å². The van der Waals surface area contributed by atoms with E-state index in [0.717, 1.165) is 6.42 Å². The molecule has 2 rings (SSSR count). The van der Waals surface area contributed by atoms with E-state index in [-0.39, 0.29) is 22.4 Å². The molecule has 1 unspecified atom stereocenters. The first-order valence-electron chi connectivity index (χ1n) is 5.40. The lowest BCUT2D eigenvalue weighted by Crippen LogP contribution is -2.35. The molecule has 1 N–H and O–H groups in total. The highest BCUT2D eigenvalue weighted by Gasteiger charge is 2.19. The Morgan fingerprint density at radius 1 is 1.44 bits per heavy atom. The summed E-state index contributed by atoms with van der Waals surface area (Å²) in [7, 11) is 1.41. The van der Waals surface area contributed by atoms with E-state index in [0.29, 0.717) is 13.2 Å². The summed E-state index contributed by atoms with van der Waals surface area (Å²) in [6.07, 6.45) is 0.763. The number of carbonyl (C=O) groups excluding carboxylic acids is 1. The molecule has 98 valence electrons. The minimum atomic E-state index is -3.82. The van der Waals surface area contributed by atoms with Crippen LogP contribution in [0.15, 0.2) is 29.2 Å². The SMILES string of the molecule is O=C(NC1CCOC1)c1cccc(S(=O)(=O)Cl)c1. The average Bonchev–Trinajstić information content (AvgIpc) is 2.81. The lowest BCUT2D eigenvalue weighted by atomic mass is 10.2. The molecule has 18 heavy (non-hydrogen) atoms. The van der Waals surface area contributed by atoms with E-state index in [4.69, 9.17) is 15.4 Å². The van der Waals surface area contributed by atoms with Gasteiger partial charge >= 0.3 is 0 Å². The third-order valence-corrected chi connectivity index (χ3v) is 3.99. The number of nitrogens with one attached hydrogen (secondary N) is 1. The van der Waals surface area contributed by atoms with Crippen molar-refractivity contribution in [1.82, 2.24) is 5.32 Å². The van der Waals surface area contributed by atoms with Gasteiger partial charge in [0, 0.05) is 22.9 Å². The molecule has 1 heterocycles. The molecule has 1 aromatic carbocycles. The predicted molar refractivity (Wildman–Crippen MR) is 66.2 cm³/mol. The number of carbonyl (C=O) groups is 1. The van der Waals surface area contributed by atoms with E-state index in [1.807, 2.05) is 0 Å². The average molecular weight is 290 g/mol. The summed E-state index contributed by atoms with van der Waals surface area (Å²) in [5.74, 6) is -0.326. The van der Waals surface area contributed by atoms with Crippen molar-refractivity contribution in [2.75, 3.05) is 13.2 Å². The lowest BCUT2D eigenvalue weighted by Gasteiger charge is -2.10. The number of hydrogen-bond acceptors (Lipinski definition) is 4. The van der Waals surface area contributed by atoms with E-state index in [9.17, 15) is 13.2 Å². The van der Waals surface area contributed by atoms with Gasteiger partial charge in [-0.15, -0.1) is 0 Å². The van der Waals surface area contributed by atoms with E-state index in [1.54, 1.807) is 0 Å². The molecule has 5 nitrogen and oxygen atoms in total. The summed E-state index contributed by atoms with van der Waals surface area (Å²) in [5.41, 5.74) is 0.267. The molecular formula is C11H12ClNO4S. The zero-order chi connectivity index (χ0) is 13.2. The summed E-state index contributed by atoms with van der Waals surface area (Å²) in [5, 5.41) is 2.77. The van der Waals surface area contributed by atoms with E-state index in [2.05, 4.69) is 5.32 Å². The van der Waals surface area contributed by atoms with Crippen molar-refractivity contribution in [2.24, 2.45) is 0 Å². The number of rotatable bonds is 3. The lowest BCUT2D eigenvalue weighted by molar-refractivity contribution is 0.0929. The van der Waals surface area contributed by atoms with E-state index < -0.39 is 9.05 Å². The van der Waals surface area contributed by atoms with Crippen molar-refractivity contribution in [3.63, 3.8) is 0 Å². The number of ether oxygens (including phenoxy) is 1. The van der Waals surface area contributed by atoms with Crippen LogP contribution in [0.4, 0.5) is 0 Å². The Bertz CT molecular complexity index is 552. The minimum absolute atomic E-state index is 0.0197. The van der Waals surface area contributed by atoms with Crippen molar-refractivity contribution in [1.29, 1.82) is 0 Å². The van der Waals surface area contributed by atoms with Gasteiger partial charge in [0.25, 0.3) is 15.0 Å². The van der Waals surface area contributed by atoms with Gasteiger partial charge in [0.15, 0.2) is 0 Å². The van der Waals surface area contributed by atoms with Crippen LogP contribution in [0.1, 0.15) is 16.8 Å². The van der Waals surface area contributed by atoms with Gasteiger partial charge in [-0.2, -0.15) is 0 Å². The van der Waals surface area contributed by atoms with E-state index in [1.165, 1.54) is 24.3 Å². The molecule has 0 bridgehead atoms. The molecule has 0 spiro atoms. The second-order valence-corrected chi connectivity index (χ2v) is 6.57. The number of halogens is 1. The molecule has 0 aromatic heterocycles. The Hall–Kier alpha value is -1.11. The molecule has 7 heteroatoms. The van der Waals surface area contributed by atoms with Gasteiger partial charge in [0.05, 0.1) is 17.5 Å². The molecule has 1 atom stereocenters. The van der Waals surface area contributed by atoms with Crippen molar-refractivity contribution in [2.45, 2.75) is 17.4 Å². The van der Waals surface area contributed by atoms with Crippen LogP contribution in [0, 0.1) is 0 Å². The molecule has 0 radical (unpaired) electrons. The smallest absolute Gasteiger partial charge is 0.261 e. The van der Waals surface area contributed by atoms with Gasteiger partial charge in [0.1, 0.15) is 0 Å². The first-order valence-corrected chi connectivity index (χ1v) is 7.71. The maximum absolute atomic E-state index is 11.9. The molecule has 1 saturated heterocycles. The molecular weight excluding hydrogens is 278 g/mol. The van der Waals surface area contributed by atoms with Crippen molar-refractivity contribution >= 4 is 25.6 Å². The van der Waals surface area contributed by atoms with Gasteiger partial charge in [-0.25, -0.2) is 8.42 Å². The Balaban J connectivity index is 2.15. The van der Waals surface area contributed by atoms with Crippen LogP contribution < -0.4 is 5.32 Å². The Morgan fingerprint density at radius 3 is 2.83 bits per heavy atom. The Morgan fingerprint density at radius 2 is 2.22 bits per heavy atom. The quantitative estimate of drug-likeness (QED) is 0.847. The van der Waals surface area contributed by atoms with Crippen molar-refractivity contribution in [3.05, 3.63) is 29.8 Å². The second-order valence-electron chi connectivity index (χ2n) is 4.00. The largest absolute Gasteiger partial charge is 0.379 e. The van der Waals surface area contributed by atoms with Crippen LogP contribution in [0.5, 0.6) is 0 Å². The normalized spacial score (nSPS) is 19.7. The van der Waals surface area contributed by atoms with Gasteiger partial charge in [-0.1, -0.05) is 6.07 Å². The summed E-state index contributed by atoms with van der Waals surface area (Å²) in [4.78, 5) is 11.8. The fraction of sp³-hybridized carbons (Fsp3) is 0.364. The summed E-state index contributed by atoms with van der Waals surface area (Å²) in [6.45, 7) is 1.11. The summed E-state index contributed by atoms with van der Waals surface area (Å²) < 4.78 is 27.5. The van der Waals surface area contributed by atoms with Crippen molar-refractivity contribution in [3.8, 4) is 0 Å². The van der Waals surface area contributed by atoms with Crippen LogP contribution in [-0.4, -0.2) is 33.6 Å².